The molecule has 0 saturated carbocycles. The fourth-order valence-corrected chi connectivity index (χ4v) is 1.48. The van der Waals surface area contributed by atoms with Crippen LogP contribution in [0, 0.1) is 0 Å². The molecular formula is C12H12N4O3. The maximum absolute atomic E-state index is 11.5. The summed E-state index contributed by atoms with van der Waals surface area (Å²) in [4.78, 5) is 28.5. The van der Waals surface area contributed by atoms with E-state index in [0.717, 1.165) is 5.56 Å². The van der Waals surface area contributed by atoms with E-state index in [1.807, 2.05) is 30.3 Å². The molecule has 0 spiro atoms. The lowest BCUT2D eigenvalue weighted by atomic mass is 10.1. The highest BCUT2D eigenvalue weighted by molar-refractivity contribution is 5.69. The molecule has 0 unspecified atom stereocenters. The van der Waals surface area contributed by atoms with E-state index in [1.165, 1.54) is 6.07 Å². The number of rotatable bonds is 5. The zero-order chi connectivity index (χ0) is 13.7. The van der Waals surface area contributed by atoms with Gasteiger partial charge in [0.15, 0.2) is 0 Å². The van der Waals surface area contributed by atoms with E-state index >= 15 is 0 Å². The largest absolute Gasteiger partial charge is 0.480 e. The molecule has 0 aliphatic rings. The summed E-state index contributed by atoms with van der Waals surface area (Å²) in [5, 5.41) is 8.48. The second-order valence-electron chi connectivity index (χ2n) is 3.72. The van der Waals surface area contributed by atoms with Gasteiger partial charge in [-0.05, 0) is 0 Å². The van der Waals surface area contributed by atoms with Crippen LogP contribution >= 0.6 is 0 Å². The Kier molecular flexibility index (Phi) is 3.89. The smallest absolute Gasteiger partial charge is 0.319 e. The van der Waals surface area contributed by atoms with Gasteiger partial charge in [-0.15, -0.1) is 0 Å². The van der Waals surface area contributed by atoms with Crippen LogP contribution in [0.1, 0.15) is 0 Å². The van der Waals surface area contributed by atoms with Gasteiger partial charge in [-0.25, -0.2) is 10.4 Å². The van der Waals surface area contributed by atoms with E-state index in [2.05, 4.69) is 20.8 Å². The number of carboxylic acid groups (broad SMARTS) is 1. The molecule has 0 bridgehead atoms. The third-order valence-corrected chi connectivity index (χ3v) is 2.26. The summed E-state index contributed by atoms with van der Waals surface area (Å²) >= 11 is 0. The number of aromatic amines is 1. The highest BCUT2D eigenvalue weighted by Gasteiger charge is 2.03. The minimum Gasteiger partial charge on any atom is -0.480 e. The van der Waals surface area contributed by atoms with Gasteiger partial charge in [0.25, 0.3) is 5.56 Å². The average Bonchev–Trinajstić information content (AvgIpc) is 2.39. The molecule has 1 heterocycles. The fraction of sp³-hybridized carbons (Fsp3) is 0.0833. The Balaban J connectivity index is 2.20. The summed E-state index contributed by atoms with van der Waals surface area (Å²) in [6.45, 7) is -0.292. The summed E-state index contributed by atoms with van der Waals surface area (Å²) in [6.07, 6.45) is 0. The van der Waals surface area contributed by atoms with E-state index < -0.39 is 5.97 Å². The molecule has 0 fully saturated rings. The summed E-state index contributed by atoms with van der Waals surface area (Å²) in [5.74, 6) is -0.860. The van der Waals surface area contributed by atoms with Crippen LogP contribution in [-0.4, -0.2) is 27.6 Å². The number of aliphatic carboxylic acids is 1. The van der Waals surface area contributed by atoms with E-state index in [4.69, 9.17) is 5.11 Å². The Bertz CT molecular complexity index is 624. The molecular weight excluding hydrogens is 248 g/mol. The number of hydrazine groups is 1. The van der Waals surface area contributed by atoms with Crippen LogP contribution in [0.3, 0.4) is 0 Å². The van der Waals surface area contributed by atoms with Gasteiger partial charge in [0.2, 0.25) is 5.95 Å². The van der Waals surface area contributed by atoms with Crippen molar-refractivity contribution in [2.45, 2.75) is 0 Å². The monoisotopic (exact) mass is 260 g/mol. The van der Waals surface area contributed by atoms with Gasteiger partial charge in [-0.1, -0.05) is 30.3 Å². The van der Waals surface area contributed by atoms with E-state index in [9.17, 15) is 9.59 Å². The first-order valence-corrected chi connectivity index (χ1v) is 5.52. The minimum atomic E-state index is -1.02. The van der Waals surface area contributed by atoms with Crippen molar-refractivity contribution in [1.82, 2.24) is 15.4 Å². The number of nitrogens with zero attached hydrogens (tertiary/aromatic N) is 1. The van der Waals surface area contributed by atoms with E-state index in [-0.39, 0.29) is 18.1 Å². The Morgan fingerprint density at radius 2 is 2.05 bits per heavy atom. The number of nitrogens with one attached hydrogen (secondary N) is 3. The Hall–Kier alpha value is -2.67. The maximum atomic E-state index is 11.5. The van der Waals surface area contributed by atoms with E-state index in [0.29, 0.717) is 5.69 Å². The second kappa shape index (κ2) is 5.78. The van der Waals surface area contributed by atoms with Crippen LogP contribution in [0.25, 0.3) is 11.3 Å². The number of aromatic nitrogens is 2. The number of carbonyl (C=O) groups is 1. The Morgan fingerprint density at radius 1 is 1.32 bits per heavy atom. The van der Waals surface area contributed by atoms with Crippen molar-refractivity contribution < 1.29 is 9.90 Å². The summed E-state index contributed by atoms with van der Waals surface area (Å²) < 4.78 is 0. The van der Waals surface area contributed by atoms with Crippen molar-refractivity contribution in [3.63, 3.8) is 0 Å². The molecule has 0 aliphatic heterocycles. The first-order chi connectivity index (χ1) is 9.15. The maximum Gasteiger partial charge on any atom is 0.319 e. The molecule has 0 aliphatic carbocycles. The standard InChI is InChI=1S/C12H12N4O3/c17-10-6-9(8-4-2-1-3-5-8)14-12(15-10)16-13-7-11(18)19/h1-6,13H,7H2,(H,18,19)(H2,14,15,16,17). The minimum absolute atomic E-state index is 0.160. The number of anilines is 1. The zero-order valence-electron chi connectivity index (χ0n) is 9.88. The molecule has 0 atom stereocenters. The van der Waals surface area contributed by atoms with Crippen LogP contribution in [0.2, 0.25) is 0 Å². The number of hydrogen-bond acceptors (Lipinski definition) is 5. The summed E-state index contributed by atoms with van der Waals surface area (Å²) in [7, 11) is 0. The predicted octanol–water partition coefficient (Wildman–Crippen LogP) is 0.438. The lowest BCUT2D eigenvalue weighted by molar-refractivity contribution is -0.135. The van der Waals surface area contributed by atoms with Gasteiger partial charge in [-0.3, -0.25) is 20.0 Å². The topological polar surface area (TPSA) is 107 Å². The lowest BCUT2D eigenvalue weighted by Gasteiger charge is -2.07. The zero-order valence-corrected chi connectivity index (χ0v) is 9.88. The van der Waals surface area contributed by atoms with E-state index in [1.54, 1.807) is 0 Å². The highest BCUT2D eigenvalue weighted by Crippen LogP contribution is 2.14. The molecule has 7 nitrogen and oxygen atoms in total. The van der Waals surface area contributed by atoms with Gasteiger partial charge < -0.3 is 5.11 Å². The van der Waals surface area contributed by atoms with Crippen molar-refractivity contribution in [2.24, 2.45) is 0 Å². The van der Waals surface area contributed by atoms with Gasteiger partial charge in [0.05, 0.1) is 5.69 Å². The third-order valence-electron chi connectivity index (χ3n) is 2.26. The van der Waals surface area contributed by atoms with Gasteiger partial charge in [0.1, 0.15) is 6.54 Å². The van der Waals surface area contributed by atoms with Crippen LogP contribution in [0.4, 0.5) is 5.95 Å². The molecule has 0 saturated heterocycles. The molecule has 19 heavy (non-hydrogen) atoms. The first-order valence-electron chi connectivity index (χ1n) is 5.52. The molecule has 4 N–H and O–H groups in total. The molecule has 7 heteroatoms. The van der Waals surface area contributed by atoms with Gasteiger partial charge in [0, 0.05) is 11.6 Å². The van der Waals surface area contributed by atoms with Crippen molar-refractivity contribution >= 4 is 11.9 Å². The SMILES string of the molecule is O=C(O)CNNc1nc(-c2ccccc2)cc(=O)[nH]1. The van der Waals surface area contributed by atoms with Gasteiger partial charge in [-0.2, -0.15) is 0 Å². The Labute approximate surface area is 108 Å². The molecule has 0 amide bonds. The van der Waals surface area contributed by atoms with Crippen molar-refractivity contribution in [1.29, 1.82) is 0 Å². The molecule has 2 aromatic rings. The third kappa shape index (κ3) is 3.65. The van der Waals surface area contributed by atoms with Crippen LogP contribution in [-0.2, 0) is 4.79 Å². The van der Waals surface area contributed by atoms with Crippen LogP contribution < -0.4 is 16.4 Å². The van der Waals surface area contributed by atoms with Crippen LogP contribution in [0.5, 0.6) is 0 Å². The quantitative estimate of drug-likeness (QED) is 0.581. The highest BCUT2D eigenvalue weighted by atomic mass is 16.4. The number of carboxylic acids is 1. The molecule has 1 aromatic carbocycles. The summed E-state index contributed by atoms with van der Waals surface area (Å²) in [6, 6.07) is 10.6. The first kappa shape index (κ1) is 12.8. The number of benzene rings is 1. The molecule has 0 radical (unpaired) electrons. The van der Waals surface area contributed by atoms with Gasteiger partial charge >= 0.3 is 5.97 Å². The number of hydrogen-bond donors (Lipinski definition) is 4. The predicted molar refractivity (Wildman–Crippen MR) is 69.6 cm³/mol. The summed E-state index contributed by atoms with van der Waals surface area (Å²) in [5.41, 5.74) is 5.93. The average molecular weight is 260 g/mol. The molecule has 98 valence electrons. The van der Waals surface area contributed by atoms with Crippen molar-refractivity contribution in [2.75, 3.05) is 12.0 Å². The number of H-pyrrole nitrogens is 1. The fourth-order valence-electron chi connectivity index (χ4n) is 1.48. The molecule has 1 aromatic heterocycles. The van der Waals surface area contributed by atoms with Crippen molar-refractivity contribution in [3.8, 4) is 11.3 Å². The lowest BCUT2D eigenvalue weighted by Crippen LogP contribution is -2.30. The van der Waals surface area contributed by atoms with Crippen molar-refractivity contribution in [3.05, 3.63) is 46.8 Å². The normalized spacial score (nSPS) is 10.1. The Morgan fingerprint density at radius 3 is 2.74 bits per heavy atom. The molecule has 2 rings (SSSR count). The second-order valence-corrected chi connectivity index (χ2v) is 3.72. The van der Waals surface area contributed by atoms with Crippen LogP contribution in [0.15, 0.2) is 41.2 Å².